The second-order valence-corrected chi connectivity index (χ2v) is 8.04. The van der Waals surface area contributed by atoms with E-state index in [1.165, 1.54) is 109 Å². The van der Waals surface area contributed by atoms with Gasteiger partial charge < -0.3 is 11.5 Å². The van der Waals surface area contributed by atoms with E-state index >= 15 is 0 Å². The van der Waals surface area contributed by atoms with Gasteiger partial charge >= 0.3 is 0 Å². The minimum absolute atomic E-state index is 0.413. The summed E-state index contributed by atoms with van der Waals surface area (Å²) in [5.74, 6) is 0. The van der Waals surface area contributed by atoms with Crippen molar-refractivity contribution in [2.75, 3.05) is 0 Å². The summed E-state index contributed by atoms with van der Waals surface area (Å²) < 4.78 is 0. The third-order valence-corrected chi connectivity index (χ3v) is 5.24. The summed E-state index contributed by atoms with van der Waals surface area (Å²) in [5, 5.41) is 0. The van der Waals surface area contributed by atoms with E-state index in [1.807, 2.05) is 0 Å². The molecular formula is C22H48N2. The van der Waals surface area contributed by atoms with Gasteiger partial charge in [0.05, 0.1) is 5.66 Å². The lowest BCUT2D eigenvalue weighted by atomic mass is 9.95. The molecule has 0 aromatic heterocycles. The number of unbranched alkanes of at least 4 members (excludes halogenated alkanes) is 15. The maximum atomic E-state index is 6.27. The number of hydrogen-bond donors (Lipinski definition) is 2. The van der Waals surface area contributed by atoms with Gasteiger partial charge in [0.25, 0.3) is 0 Å². The maximum Gasteiger partial charge on any atom is 0.0636 e. The molecule has 0 fully saturated rings. The summed E-state index contributed by atoms with van der Waals surface area (Å²) in [4.78, 5) is 0. The zero-order valence-electron chi connectivity index (χ0n) is 17.1. The molecule has 0 heterocycles. The van der Waals surface area contributed by atoms with Gasteiger partial charge in [0.15, 0.2) is 0 Å². The third-order valence-electron chi connectivity index (χ3n) is 5.24. The van der Waals surface area contributed by atoms with Crippen molar-refractivity contribution in [2.45, 2.75) is 142 Å². The van der Waals surface area contributed by atoms with Crippen molar-refractivity contribution in [2.24, 2.45) is 11.5 Å². The molecule has 146 valence electrons. The van der Waals surface area contributed by atoms with Crippen molar-refractivity contribution < 1.29 is 0 Å². The van der Waals surface area contributed by atoms with Gasteiger partial charge in [-0.15, -0.1) is 0 Å². The van der Waals surface area contributed by atoms with Crippen LogP contribution in [0, 0.1) is 0 Å². The topological polar surface area (TPSA) is 52.0 Å². The van der Waals surface area contributed by atoms with Gasteiger partial charge in [0.1, 0.15) is 0 Å². The van der Waals surface area contributed by atoms with Gasteiger partial charge in [0, 0.05) is 0 Å². The molecule has 0 aliphatic carbocycles. The molecule has 4 N–H and O–H groups in total. The lowest BCUT2D eigenvalue weighted by Gasteiger charge is -2.24. The molecule has 0 unspecified atom stereocenters. The fraction of sp³-hybridized carbons (Fsp3) is 1.00. The highest BCUT2D eigenvalue weighted by molar-refractivity contribution is 4.76. The highest BCUT2D eigenvalue weighted by atomic mass is 14.9. The molecule has 0 aliphatic heterocycles. The molecule has 0 rings (SSSR count). The predicted molar refractivity (Wildman–Crippen MR) is 110 cm³/mol. The Hall–Kier alpha value is -0.0800. The molecule has 2 nitrogen and oxygen atoms in total. The van der Waals surface area contributed by atoms with Crippen LogP contribution in [-0.4, -0.2) is 5.66 Å². The molecule has 0 bridgehead atoms. The number of hydrogen-bond acceptors (Lipinski definition) is 2. The lowest BCUT2D eigenvalue weighted by molar-refractivity contribution is 0.345. The standard InChI is InChI=1S/C22H48N2/c1-3-5-7-9-11-12-13-15-17-19-21-22(23,24)20-18-16-14-10-8-6-4-2/h3-21,23-24H2,1-2H3. The Balaban J connectivity index is 3.31. The van der Waals surface area contributed by atoms with Gasteiger partial charge in [-0.3, -0.25) is 0 Å². The highest BCUT2D eigenvalue weighted by Gasteiger charge is 2.17. The minimum atomic E-state index is -0.413. The van der Waals surface area contributed by atoms with Crippen LogP contribution in [0.5, 0.6) is 0 Å². The van der Waals surface area contributed by atoms with Gasteiger partial charge in [-0.1, -0.05) is 123 Å². The average molecular weight is 341 g/mol. The van der Waals surface area contributed by atoms with Crippen molar-refractivity contribution in [1.29, 1.82) is 0 Å². The molecule has 0 atom stereocenters. The quantitative estimate of drug-likeness (QED) is 0.195. The molecule has 0 aromatic rings. The molecule has 24 heavy (non-hydrogen) atoms. The van der Waals surface area contributed by atoms with Crippen molar-refractivity contribution in [3.8, 4) is 0 Å². The minimum Gasteiger partial charge on any atom is -0.313 e. The van der Waals surface area contributed by atoms with E-state index in [0.717, 1.165) is 12.8 Å². The molecule has 0 saturated carbocycles. The summed E-state index contributed by atoms with van der Waals surface area (Å²) in [5.41, 5.74) is 12.1. The van der Waals surface area contributed by atoms with Crippen molar-refractivity contribution in [1.82, 2.24) is 0 Å². The summed E-state index contributed by atoms with van der Waals surface area (Å²) in [6, 6.07) is 0. The molecule has 0 radical (unpaired) electrons. The van der Waals surface area contributed by atoms with Gasteiger partial charge in [-0.2, -0.15) is 0 Å². The van der Waals surface area contributed by atoms with Crippen LogP contribution in [0.2, 0.25) is 0 Å². The molecule has 0 aromatic carbocycles. The molecule has 0 spiro atoms. The van der Waals surface area contributed by atoms with Crippen LogP contribution in [0.15, 0.2) is 0 Å². The zero-order valence-corrected chi connectivity index (χ0v) is 17.1. The van der Waals surface area contributed by atoms with Crippen LogP contribution >= 0.6 is 0 Å². The van der Waals surface area contributed by atoms with Crippen molar-refractivity contribution >= 4 is 0 Å². The smallest absolute Gasteiger partial charge is 0.0636 e. The number of rotatable bonds is 19. The Morgan fingerprint density at radius 1 is 0.417 bits per heavy atom. The Bertz CT molecular complexity index is 238. The van der Waals surface area contributed by atoms with E-state index in [2.05, 4.69) is 13.8 Å². The molecule has 0 saturated heterocycles. The normalized spacial score (nSPS) is 12.0. The Labute approximate surface area is 153 Å². The average Bonchev–Trinajstić information content (AvgIpc) is 2.55. The van der Waals surface area contributed by atoms with Gasteiger partial charge in [-0.05, 0) is 12.8 Å². The van der Waals surface area contributed by atoms with Crippen LogP contribution in [0.4, 0.5) is 0 Å². The highest BCUT2D eigenvalue weighted by Crippen LogP contribution is 2.17. The van der Waals surface area contributed by atoms with E-state index in [0.29, 0.717) is 0 Å². The summed E-state index contributed by atoms with van der Waals surface area (Å²) >= 11 is 0. The monoisotopic (exact) mass is 340 g/mol. The van der Waals surface area contributed by atoms with E-state index in [9.17, 15) is 0 Å². The first-order chi connectivity index (χ1) is 11.6. The first-order valence-corrected chi connectivity index (χ1v) is 11.2. The van der Waals surface area contributed by atoms with Crippen LogP contribution in [0.3, 0.4) is 0 Å². The fourth-order valence-corrected chi connectivity index (χ4v) is 3.48. The van der Waals surface area contributed by atoms with E-state index < -0.39 is 5.66 Å². The van der Waals surface area contributed by atoms with Crippen LogP contribution < -0.4 is 11.5 Å². The SMILES string of the molecule is CCCCCCCCCCCCC(N)(N)CCCCCCCCC. The first kappa shape index (κ1) is 23.9. The largest absolute Gasteiger partial charge is 0.313 e. The van der Waals surface area contributed by atoms with Gasteiger partial charge in [-0.25, -0.2) is 0 Å². The van der Waals surface area contributed by atoms with E-state index in [4.69, 9.17) is 11.5 Å². The Morgan fingerprint density at radius 3 is 0.958 bits per heavy atom. The predicted octanol–water partition coefficient (Wildman–Crippen LogP) is 7.05. The molecule has 2 heteroatoms. The van der Waals surface area contributed by atoms with Crippen LogP contribution in [0.1, 0.15) is 136 Å². The summed E-state index contributed by atoms with van der Waals surface area (Å²) in [6.07, 6.45) is 25.1. The Morgan fingerprint density at radius 2 is 0.667 bits per heavy atom. The van der Waals surface area contributed by atoms with Crippen LogP contribution in [-0.2, 0) is 0 Å². The summed E-state index contributed by atoms with van der Waals surface area (Å²) in [7, 11) is 0. The van der Waals surface area contributed by atoms with Crippen LogP contribution in [0.25, 0.3) is 0 Å². The van der Waals surface area contributed by atoms with E-state index in [1.54, 1.807) is 0 Å². The Kier molecular flexibility index (Phi) is 17.7. The fourth-order valence-electron chi connectivity index (χ4n) is 3.48. The van der Waals surface area contributed by atoms with Crippen molar-refractivity contribution in [3.63, 3.8) is 0 Å². The third kappa shape index (κ3) is 18.3. The second kappa shape index (κ2) is 17.7. The number of nitrogens with two attached hydrogens (primary N) is 2. The first-order valence-electron chi connectivity index (χ1n) is 11.2. The second-order valence-electron chi connectivity index (χ2n) is 8.04. The lowest BCUT2D eigenvalue weighted by Crippen LogP contribution is -2.49. The van der Waals surface area contributed by atoms with Gasteiger partial charge in [0.2, 0.25) is 0 Å². The molecule has 0 amide bonds. The molecular weight excluding hydrogens is 292 g/mol. The zero-order chi connectivity index (χ0) is 17.9. The molecule has 0 aliphatic rings. The van der Waals surface area contributed by atoms with Crippen molar-refractivity contribution in [3.05, 3.63) is 0 Å². The maximum absolute atomic E-state index is 6.27. The van der Waals surface area contributed by atoms with E-state index in [-0.39, 0.29) is 0 Å². The summed E-state index contributed by atoms with van der Waals surface area (Å²) in [6.45, 7) is 4.55.